The van der Waals surface area contributed by atoms with Gasteiger partial charge in [0, 0.05) is 33.1 Å². The van der Waals surface area contributed by atoms with Crippen molar-refractivity contribution in [3.05, 3.63) is 10.8 Å². The van der Waals surface area contributed by atoms with E-state index in [2.05, 4.69) is 0 Å². The number of rotatable bonds is 0. The van der Waals surface area contributed by atoms with Crippen LogP contribution in [0.2, 0.25) is 0 Å². The van der Waals surface area contributed by atoms with Gasteiger partial charge >= 0.3 is 0 Å². The number of thiophene rings is 1. The molecule has 1 aliphatic heterocycles. The van der Waals surface area contributed by atoms with Gasteiger partial charge in [-0.1, -0.05) is 0 Å². The molecule has 4 heteroatoms. The van der Waals surface area contributed by atoms with E-state index in [1.165, 1.54) is 0 Å². The van der Waals surface area contributed by atoms with Crippen molar-refractivity contribution < 1.29 is 31.9 Å². The molecule has 0 unspecified atom stereocenters. The Morgan fingerprint density at radius 3 is 2.10 bits per heavy atom. The Balaban J connectivity index is 0.000000500. The van der Waals surface area contributed by atoms with Gasteiger partial charge in [0.1, 0.15) is 13.2 Å². The fourth-order valence-corrected chi connectivity index (χ4v) is 1.47. The molecule has 0 fully saturated rings. The van der Waals surface area contributed by atoms with E-state index in [-0.39, 0.29) is 22.4 Å². The van der Waals surface area contributed by atoms with Crippen LogP contribution in [0.4, 0.5) is 0 Å². The Bertz CT molecular complexity index is 191. The van der Waals surface area contributed by atoms with Crippen LogP contribution in [0.5, 0.6) is 11.5 Å². The monoisotopic (exact) mass is 339 g/mol. The minimum atomic E-state index is 0. The second-order valence-electron chi connectivity index (χ2n) is 1.80. The molecule has 2 heterocycles. The zero-order valence-corrected chi connectivity index (χ0v) is 8.08. The van der Waals surface area contributed by atoms with Crippen molar-refractivity contribution in [3.8, 4) is 11.5 Å². The maximum Gasteiger partial charge on any atom is 0.172 e. The summed E-state index contributed by atoms with van der Waals surface area (Å²) >= 11 is 1.61. The van der Waals surface area contributed by atoms with E-state index in [4.69, 9.17) is 9.47 Å². The zero-order valence-electron chi connectivity index (χ0n) is 5.10. The Morgan fingerprint density at radius 2 is 1.60 bits per heavy atom. The zero-order chi connectivity index (χ0) is 6.10. The molecule has 1 radical (unpaired) electrons. The first-order valence-electron chi connectivity index (χ1n) is 2.78. The molecule has 59 valence electrons. The molecule has 0 spiro atoms. The number of hydrogen-bond acceptors (Lipinski definition) is 3. The third kappa shape index (κ3) is 1.37. The fourth-order valence-electron chi connectivity index (χ4n) is 0.787. The smallest absolute Gasteiger partial charge is 0.172 e. The van der Waals surface area contributed by atoms with Crippen LogP contribution in [0, 0.1) is 0 Å². The second-order valence-corrected chi connectivity index (χ2v) is 2.54. The maximum atomic E-state index is 5.25. The predicted molar refractivity (Wildman–Crippen MR) is 35.3 cm³/mol. The molecule has 2 nitrogen and oxygen atoms in total. The van der Waals surface area contributed by atoms with Crippen LogP contribution in [0.3, 0.4) is 0 Å². The van der Waals surface area contributed by atoms with Crippen molar-refractivity contribution in [2.45, 2.75) is 0 Å². The predicted octanol–water partition coefficient (Wildman–Crippen LogP) is 1.52. The summed E-state index contributed by atoms with van der Waals surface area (Å²) in [6, 6.07) is 0. The van der Waals surface area contributed by atoms with Gasteiger partial charge in [-0.05, 0) is 0 Å². The van der Waals surface area contributed by atoms with E-state index in [9.17, 15) is 0 Å². The van der Waals surface area contributed by atoms with Crippen molar-refractivity contribution in [1.29, 1.82) is 0 Å². The summed E-state index contributed by atoms with van der Waals surface area (Å²) in [7, 11) is 0. The van der Waals surface area contributed by atoms with Crippen LogP contribution < -0.4 is 9.47 Å². The molecule has 10 heavy (non-hydrogen) atoms. The maximum absolute atomic E-state index is 5.25. The Kier molecular flexibility index (Phi) is 2.80. The van der Waals surface area contributed by atoms with E-state index < -0.39 is 0 Å². The molecule has 1 aromatic heterocycles. The molecule has 0 N–H and O–H groups in total. The molecule has 0 atom stereocenters. The molecule has 0 saturated carbocycles. The van der Waals surface area contributed by atoms with E-state index in [1.54, 1.807) is 11.3 Å². The van der Waals surface area contributed by atoms with Crippen LogP contribution in [0.1, 0.15) is 0 Å². The van der Waals surface area contributed by atoms with Gasteiger partial charge in [0.05, 0.1) is 0 Å². The average molecular weight is 339 g/mol. The van der Waals surface area contributed by atoms with Crippen molar-refractivity contribution in [2.24, 2.45) is 0 Å². The molecular weight excluding hydrogens is 333 g/mol. The average Bonchev–Trinajstić information content (AvgIpc) is 2.33. The van der Waals surface area contributed by atoms with Crippen molar-refractivity contribution in [1.82, 2.24) is 0 Å². The van der Waals surface area contributed by atoms with Gasteiger partial charge < -0.3 is 9.47 Å². The first kappa shape index (κ1) is 8.14. The quantitative estimate of drug-likeness (QED) is 0.668. The van der Waals surface area contributed by atoms with Crippen LogP contribution in [0.15, 0.2) is 10.8 Å². The summed E-state index contributed by atoms with van der Waals surface area (Å²) < 4.78 is 10.5. The van der Waals surface area contributed by atoms with E-state index in [0.29, 0.717) is 13.2 Å². The Morgan fingerprint density at radius 1 is 1.10 bits per heavy atom. The SMILES string of the molecule is [Au].c1scc2c1OCCO2. The van der Waals surface area contributed by atoms with Gasteiger partial charge in [-0.25, -0.2) is 0 Å². The van der Waals surface area contributed by atoms with Crippen LogP contribution >= 0.6 is 11.3 Å². The largest absolute Gasteiger partial charge is 0.485 e. The fraction of sp³-hybridized carbons (Fsp3) is 0.333. The van der Waals surface area contributed by atoms with Gasteiger partial charge in [-0.15, -0.1) is 11.3 Å². The van der Waals surface area contributed by atoms with E-state index in [1.807, 2.05) is 10.8 Å². The van der Waals surface area contributed by atoms with E-state index in [0.717, 1.165) is 11.5 Å². The number of fused-ring (bicyclic) bond motifs is 1. The molecule has 0 amide bonds. The van der Waals surface area contributed by atoms with Gasteiger partial charge in [0.15, 0.2) is 11.5 Å². The van der Waals surface area contributed by atoms with Crippen molar-refractivity contribution in [3.63, 3.8) is 0 Å². The van der Waals surface area contributed by atoms with Crippen molar-refractivity contribution in [2.75, 3.05) is 13.2 Å². The first-order chi connectivity index (χ1) is 4.47. The Hall–Kier alpha value is 0.0403. The van der Waals surface area contributed by atoms with E-state index >= 15 is 0 Å². The minimum absolute atomic E-state index is 0. The third-order valence-electron chi connectivity index (χ3n) is 1.19. The van der Waals surface area contributed by atoms with Crippen molar-refractivity contribution >= 4 is 11.3 Å². The number of hydrogen-bond donors (Lipinski definition) is 0. The summed E-state index contributed by atoms with van der Waals surface area (Å²) in [5, 5.41) is 3.91. The molecule has 2 rings (SSSR count). The van der Waals surface area contributed by atoms with Gasteiger partial charge in [0.25, 0.3) is 0 Å². The Labute approximate surface area is 78.7 Å². The molecule has 0 aromatic carbocycles. The topological polar surface area (TPSA) is 18.5 Å². The molecule has 1 aliphatic rings. The first-order valence-corrected chi connectivity index (χ1v) is 3.73. The van der Waals surface area contributed by atoms with Gasteiger partial charge in [-0.2, -0.15) is 0 Å². The summed E-state index contributed by atoms with van der Waals surface area (Å²) in [6.07, 6.45) is 0. The minimum Gasteiger partial charge on any atom is -0.485 e. The van der Waals surface area contributed by atoms with Crippen LogP contribution in [-0.4, -0.2) is 13.2 Å². The number of ether oxygens (including phenoxy) is 2. The molecule has 0 aliphatic carbocycles. The molecule has 0 bridgehead atoms. The standard InChI is InChI=1S/C6H6O2S.Au/c1-2-8-6-4-9-3-5(6)7-1;/h3-4H,1-2H2;. The summed E-state index contributed by atoms with van der Waals surface area (Å²) in [5.41, 5.74) is 0. The molecule has 0 saturated heterocycles. The summed E-state index contributed by atoms with van der Waals surface area (Å²) in [6.45, 7) is 1.37. The second kappa shape index (κ2) is 3.44. The van der Waals surface area contributed by atoms with Crippen LogP contribution in [-0.2, 0) is 22.4 Å². The molecule has 1 aromatic rings. The van der Waals surface area contributed by atoms with Crippen LogP contribution in [0.25, 0.3) is 0 Å². The summed E-state index contributed by atoms with van der Waals surface area (Å²) in [5.74, 6) is 1.79. The third-order valence-corrected chi connectivity index (χ3v) is 1.89. The normalized spacial score (nSPS) is 14.0. The molecular formula is C6H6AuO2S. The summed E-state index contributed by atoms with van der Waals surface area (Å²) in [4.78, 5) is 0. The van der Waals surface area contributed by atoms with Gasteiger partial charge in [0.2, 0.25) is 0 Å². The van der Waals surface area contributed by atoms with Gasteiger partial charge in [-0.3, -0.25) is 0 Å².